The Morgan fingerprint density at radius 2 is 1.81 bits per heavy atom. The van der Waals surface area contributed by atoms with Gasteiger partial charge in [-0.25, -0.2) is 8.42 Å². The zero-order valence-corrected chi connectivity index (χ0v) is 17.3. The summed E-state index contributed by atoms with van der Waals surface area (Å²) in [4.78, 5) is 26.3. The van der Waals surface area contributed by atoms with Gasteiger partial charge in [0.1, 0.15) is 6.04 Å². The van der Waals surface area contributed by atoms with Crippen molar-refractivity contribution in [3.05, 3.63) is 29.3 Å². The molecule has 0 unspecified atom stereocenters. The normalized spacial score (nSPS) is 16.7. The quantitative estimate of drug-likeness (QED) is 0.664. The molecule has 9 heteroatoms. The molecule has 7 nitrogen and oxygen atoms in total. The largest absolute Gasteiger partial charge is 0.466 e. The van der Waals surface area contributed by atoms with Crippen molar-refractivity contribution in [2.24, 2.45) is 5.92 Å². The highest BCUT2D eigenvalue weighted by Crippen LogP contribution is 2.25. The third-order valence-corrected chi connectivity index (χ3v) is 6.07. The maximum atomic E-state index is 12.9. The summed E-state index contributed by atoms with van der Waals surface area (Å²) in [5.74, 6) is -0.749. The van der Waals surface area contributed by atoms with Crippen LogP contribution in [-0.4, -0.2) is 57.2 Å². The molecule has 150 valence electrons. The highest BCUT2D eigenvalue weighted by atomic mass is 35.5. The second-order valence-electron chi connectivity index (χ2n) is 6.56. The Kier molecular flexibility index (Phi) is 7.11. The number of halogens is 1. The van der Waals surface area contributed by atoms with E-state index in [0.717, 1.165) is 10.6 Å². The van der Waals surface area contributed by atoms with Crippen LogP contribution in [0.2, 0.25) is 5.02 Å². The minimum absolute atomic E-state index is 0.216. The third kappa shape index (κ3) is 5.35. The number of rotatable bonds is 6. The molecule has 1 fully saturated rings. The zero-order valence-electron chi connectivity index (χ0n) is 15.7. The van der Waals surface area contributed by atoms with Crippen LogP contribution in [0.25, 0.3) is 0 Å². The molecular weight excluding hydrogens is 392 g/mol. The van der Waals surface area contributed by atoms with Gasteiger partial charge in [0.2, 0.25) is 15.9 Å². The summed E-state index contributed by atoms with van der Waals surface area (Å²) >= 11 is 5.88. The van der Waals surface area contributed by atoms with Crippen molar-refractivity contribution in [2.45, 2.75) is 32.7 Å². The molecule has 0 saturated carbocycles. The van der Waals surface area contributed by atoms with Crippen molar-refractivity contribution in [3.63, 3.8) is 0 Å². The van der Waals surface area contributed by atoms with Crippen LogP contribution >= 0.6 is 11.6 Å². The molecule has 1 amide bonds. The lowest BCUT2D eigenvalue weighted by Gasteiger charge is -2.36. The zero-order chi connectivity index (χ0) is 20.2. The number of likely N-dealkylation sites (tertiary alicyclic amines) is 1. The number of esters is 1. The number of amides is 1. The van der Waals surface area contributed by atoms with Crippen LogP contribution in [0.5, 0.6) is 0 Å². The summed E-state index contributed by atoms with van der Waals surface area (Å²) in [6, 6.07) is 5.40. The topological polar surface area (TPSA) is 84.0 Å². The molecule has 1 atom stereocenters. The Morgan fingerprint density at radius 1 is 1.26 bits per heavy atom. The monoisotopic (exact) mass is 416 g/mol. The summed E-state index contributed by atoms with van der Waals surface area (Å²) in [5, 5.41) is 0.479. The van der Waals surface area contributed by atoms with Crippen molar-refractivity contribution >= 4 is 39.2 Å². The molecule has 1 heterocycles. The second kappa shape index (κ2) is 8.93. The molecule has 1 aliphatic heterocycles. The van der Waals surface area contributed by atoms with Crippen LogP contribution in [0.4, 0.5) is 5.69 Å². The van der Waals surface area contributed by atoms with Gasteiger partial charge < -0.3 is 9.64 Å². The number of nitrogens with zero attached hydrogens (tertiary/aromatic N) is 2. The number of piperidine rings is 1. The first-order valence-corrected chi connectivity index (χ1v) is 11.1. The van der Waals surface area contributed by atoms with Gasteiger partial charge in [-0.05, 0) is 51.0 Å². The molecule has 1 saturated heterocycles. The van der Waals surface area contributed by atoms with Crippen molar-refractivity contribution in [3.8, 4) is 0 Å². The molecular formula is C18H25ClN2O5S. The van der Waals surface area contributed by atoms with Crippen molar-refractivity contribution < 1.29 is 22.7 Å². The maximum absolute atomic E-state index is 12.9. The second-order valence-corrected chi connectivity index (χ2v) is 8.86. The average Bonchev–Trinajstić information content (AvgIpc) is 2.62. The summed E-state index contributed by atoms with van der Waals surface area (Å²) in [6.45, 7) is 4.44. The number of hydrogen-bond donors (Lipinski definition) is 0. The number of sulfonamides is 1. The van der Waals surface area contributed by atoms with Crippen molar-refractivity contribution in [2.75, 3.05) is 30.3 Å². The van der Waals surface area contributed by atoms with Gasteiger partial charge in [-0.3, -0.25) is 13.9 Å². The van der Waals surface area contributed by atoms with Crippen molar-refractivity contribution in [1.29, 1.82) is 0 Å². The van der Waals surface area contributed by atoms with Crippen LogP contribution in [0.3, 0.4) is 0 Å². The molecule has 27 heavy (non-hydrogen) atoms. The average molecular weight is 417 g/mol. The predicted octanol–water partition coefficient (Wildman–Crippen LogP) is 2.30. The number of hydrogen-bond acceptors (Lipinski definition) is 5. The van der Waals surface area contributed by atoms with E-state index in [-0.39, 0.29) is 17.8 Å². The van der Waals surface area contributed by atoms with E-state index in [1.165, 1.54) is 0 Å². The van der Waals surface area contributed by atoms with Gasteiger partial charge in [0.25, 0.3) is 0 Å². The Bertz CT molecular complexity index is 773. The Balaban J connectivity index is 2.12. The summed E-state index contributed by atoms with van der Waals surface area (Å²) in [6.07, 6.45) is 2.09. The molecule has 0 spiro atoms. The Labute approximate surface area is 165 Å². The smallest absolute Gasteiger partial charge is 0.309 e. The molecule has 1 aliphatic rings. The van der Waals surface area contributed by atoms with Gasteiger partial charge in [0.05, 0.1) is 24.5 Å². The Hall–Kier alpha value is -1.80. The minimum atomic E-state index is -3.68. The number of carbonyl (C=O) groups is 2. The lowest BCUT2D eigenvalue weighted by Crippen LogP contribution is -2.51. The highest BCUT2D eigenvalue weighted by Gasteiger charge is 2.35. The summed E-state index contributed by atoms with van der Waals surface area (Å²) < 4.78 is 30.8. The van der Waals surface area contributed by atoms with E-state index in [2.05, 4.69) is 0 Å². The number of carbonyl (C=O) groups excluding carboxylic acids is 2. The molecule has 0 N–H and O–H groups in total. The SMILES string of the molecule is CCOC(=O)C1CCN(C(=O)[C@@H](C)N(c2ccc(Cl)cc2)S(C)(=O)=O)CC1. The van der Waals surface area contributed by atoms with E-state index in [1.54, 1.807) is 43.0 Å². The van der Waals surface area contributed by atoms with Crippen LogP contribution in [0.15, 0.2) is 24.3 Å². The number of anilines is 1. The van der Waals surface area contributed by atoms with E-state index >= 15 is 0 Å². The molecule has 0 radical (unpaired) electrons. The maximum Gasteiger partial charge on any atom is 0.309 e. The lowest BCUT2D eigenvalue weighted by atomic mass is 9.96. The van der Waals surface area contributed by atoms with Crippen LogP contribution in [0.1, 0.15) is 26.7 Å². The van der Waals surface area contributed by atoms with E-state index in [0.29, 0.717) is 43.2 Å². The predicted molar refractivity (Wildman–Crippen MR) is 104 cm³/mol. The summed E-state index contributed by atoms with van der Waals surface area (Å²) in [7, 11) is -3.68. The van der Waals surface area contributed by atoms with Gasteiger partial charge in [0, 0.05) is 18.1 Å². The molecule has 1 aromatic carbocycles. The van der Waals surface area contributed by atoms with E-state index in [4.69, 9.17) is 16.3 Å². The van der Waals surface area contributed by atoms with Gasteiger partial charge in [0.15, 0.2) is 0 Å². The minimum Gasteiger partial charge on any atom is -0.466 e. The van der Waals surface area contributed by atoms with E-state index in [9.17, 15) is 18.0 Å². The fourth-order valence-electron chi connectivity index (χ4n) is 3.25. The summed E-state index contributed by atoms with van der Waals surface area (Å²) in [5.41, 5.74) is 0.379. The molecule has 2 rings (SSSR count). The first kappa shape index (κ1) is 21.5. The fourth-order valence-corrected chi connectivity index (χ4v) is 4.55. The Morgan fingerprint density at radius 3 is 2.30 bits per heavy atom. The fraction of sp³-hybridized carbons (Fsp3) is 0.556. The van der Waals surface area contributed by atoms with E-state index in [1.807, 2.05) is 0 Å². The van der Waals surface area contributed by atoms with Gasteiger partial charge in [-0.2, -0.15) is 0 Å². The van der Waals surface area contributed by atoms with Crippen LogP contribution in [0, 0.1) is 5.92 Å². The van der Waals surface area contributed by atoms with Crippen molar-refractivity contribution in [1.82, 2.24) is 4.90 Å². The molecule has 0 aromatic heterocycles. The van der Waals surface area contributed by atoms with Gasteiger partial charge in [-0.1, -0.05) is 11.6 Å². The first-order chi connectivity index (χ1) is 12.6. The number of ether oxygens (including phenoxy) is 1. The third-order valence-electron chi connectivity index (χ3n) is 4.57. The number of benzene rings is 1. The molecule has 0 aliphatic carbocycles. The molecule has 0 bridgehead atoms. The van der Waals surface area contributed by atoms with Gasteiger partial charge >= 0.3 is 5.97 Å². The molecule has 1 aromatic rings. The first-order valence-electron chi connectivity index (χ1n) is 8.85. The lowest BCUT2D eigenvalue weighted by molar-refractivity contribution is -0.151. The van der Waals surface area contributed by atoms with Crippen LogP contribution in [-0.2, 0) is 24.3 Å². The van der Waals surface area contributed by atoms with Crippen LogP contribution < -0.4 is 4.31 Å². The van der Waals surface area contributed by atoms with E-state index < -0.39 is 16.1 Å². The van der Waals surface area contributed by atoms with Gasteiger partial charge in [-0.15, -0.1) is 0 Å². The standard InChI is InChI=1S/C18H25ClN2O5S/c1-4-26-18(23)14-9-11-20(12-10-14)17(22)13(2)21(27(3,24)25)16-7-5-15(19)6-8-16/h5-8,13-14H,4,9-12H2,1-3H3/t13-/m1/s1. The highest BCUT2D eigenvalue weighted by molar-refractivity contribution is 7.92.